The van der Waals surface area contributed by atoms with Gasteiger partial charge in [0.05, 0.1) is 4.79 Å². The van der Waals surface area contributed by atoms with Crippen LogP contribution in [-0.4, -0.2) is 25.8 Å². The van der Waals surface area contributed by atoms with Crippen molar-refractivity contribution in [3.05, 3.63) is 29.3 Å². The maximum atomic E-state index is 11.6. The zero-order valence-electron chi connectivity index (χ0n) is 9.62. The van der Waals surface area contributed by atoms with E-state index in [2.05, 4.69) is 38.1 Å². The first kappa shape index (κ1) is 12.3. The Balaban J connectivity index is 2.36. The maximum Gasteiger partial charge on any atom is 0.612 e. The predicted molar refractivity (Wildman–Crippen MR) is 72.0 cm³/mol. The monoisotopic (exact) mass is 296 g/mol. The number of carbonyl (C=O) groups excluding carboxylic acids is 2. The van der Waals surface area contributed by atoms with Gasteiger partial charge in [-0.25, -0.2) is 0 Å². The highest BCUT2D eigenvalue weighted by Crippen LogP contribution is 2.24. The average molecular weight is 297 g/mol. The number of hydrogen-bond acceptors (Lipinski definition) is 2. The minimum absolute atomic E-state index is 0.375. The molecule has 0 N–H and O–H groups in total. The van der Waals surface area contributed by atoms with Crippen LogP contribution < -0.4 is 4.90 Å². The van der Waals surface area contributed by atoms with Crippen molar-refractivity contribution in [3.8, 4) is 0 Å². The van der Waals surface area contributed by atoms with Gasteiger partial charge in [0.15, 0.2) is 6.79 Å². The topological polar surface area (TPSA) is 31.6 Å². The van der Waals surface area contributed by atoms with Crippen LogP contribution in [0.25, 0.3) is 0 Å². The number of carbonyl (C=O) groups is 1. The minimum Gasteiger partial charge on any atom is -0.372 e. The molecule has 90 valence electrons. The van der Waals surface area contributed by atoms with Crippen LogP contribution in [0.3, 0.4) is 0 Å². The first-order valence-electron chi connectivity index (χ1n) is 5.66. The molecule has 0 radical (unpaired) electrons. The standard InChI is InChI=1S/C13H15BrNO2/c1-17-13(16)12-8-11(5-4-10(12)9-14)15-6-2-3-7-15/h4-5,8H,1-3,6-7,9H2/q+1. The van der Waals surface area contributed by atoms with Gasteiger partial charge in [-0.15, -0.1) is 0 Å². The van der Waals surface area contributed by atoms with Gasteiger partial charge in [0, 0.05) is 24.1 Å². The Morgan fingerprint density at radius 1 is 1.41 bits per heavy atom. The zero-order valence-corrected chi connectivity index (χ0v) is 11.2. The van der Waals surface area contributed by atoms with Gasteiger partial charge in [0.1, 0.15) is 5.56 Å². The first-order chi connectivity index (χ1) is 8.26. The second kappa shape index (κ2) is 5.45. The molecule has 1 aliphatic rings. The summed E-state index contributed by atoms with van der Waals surface area (Å²) in [5, 5.41) is 0.637. The Bertz CT molecular complexity index is 439. The normalized spacial score (nSPS) is 15.0. The lowest BCUT2D eigenvalue weighted by Gasteiger charge is -2.18. The summed E-state index contributed by atoms with van der Waals surface area (Å²) in [5.74, 6) is -0.375. The smallest absolute Gasteiger partial charge is 0.372 e. The van der Waals surface area contributed by atoms with Gasteiger partial charge >= 0.3 is 5.97 Å². The van der Waals surface area contributed by atoms with Crippen molar-refractivity contribution in [2.75, 3.05) is 18.0 Å². The fraction of sp³-hybridized carbons (Fsp3) is 0.385. The van der Waals surface area contributed by atoms with Gasteiger partial charge < -0.3 is 4.90 Å². The third-order valence-corrected chi connectivity index (χ3v) is 3.66. The van der Waals surface area contributed by atoms with E-state index in [0.717, 1.165) is 24.3 Å². The van der Waals surface area contributed by atoms with Crippen LogP contribution in [-0.2, 0) is 9.75 Å². The van der Waals surface area contributed by atoms with Crippen LogP contribution in [0.1, 0.15) is 28.8 Å². The molecule has 0 aromatic heterocycles. The summed E-state index contributed by atoms with van der Waals surface area (Å²) in [6, 6.07) is 5.92. The molecular formula is C13H15BrNO2+. The highest BCUT2D eigenvalue weighted by molar-refractivity contribution is 9.08. The second-order valence-electron chi connectivity index (χ2n) is 4.10. The van der Waals surface area contributed by atoms with Crippen LogP contribution in [0.2, 0.25) is 0 Å². The van der Waals surface area contributed by atoms with E-state index < -0.39 is 0 Å². The Morgan fingerprint density at radius 2 is 2.12 bits per heavy atom. The molecule has 0 spiro atoms. The van der Waals surface area contributed by atoms with Crippen LogP contribution in [0.15, 0.2) is 18.2 Å². The Kier molecular flexibility index (Phi) is 3.94. The van der Waals surface area contributed by atoms with E-state index in [0.29, 0.717) is 10.9 Å². The highest BCUT2D eigenvalue weighted by atomic mass is 79.9. The Labute approximate surface area is 109 Å². The van der Waals surface area contributed by atoms with E-state index in [1.54, 1.807) is 0 Å². The number of halogens is 1. The molecule has 1 aromatic carbocycles. The first-order valence-corrected chi connectivity index (χ1v) is 6.78. The lowest BCUT2D eigenvalue weighted by molar-refractivity contribution is -0.334. The van der Waals surface area contributed by atoms with Crippen molar-refractivity contribution in [3.63, 3.8) is 0 Å². The summed E-state index contributed by atoms with van der Waals surface area (Å²) in [6.45, 7) is 5.31. The average Bonchev–Trinajstić information content (AvgIpc) is 2.91. The van der Waals surface area contributed by atoms with Gasteiger partial charge in [0.25, 0.3) is 0 Å². The number of benzene rings is 1. The summed E-state index contributed by atoms with van der Waals surface area (Å²) in [5.41, 5.74) is 2.62. The van der Waals surface area contributed by atoms with Gasteiger partial charge in [-0.05, 0) is 30.5 Å². The number of anilines is 1. The summed E-state index contributed by atoms with van der Waals surface area (Å²) >= 11 is 3.37. The molecule has 1 saturated heterocycles. The van der Waals surface area contributed by atoms with Crippen LogP contribution in [0.5, 0.6) is 0 Å². The van der Waals surface area contributed by atoms with E-state index in [9.17, 15) is 4.79 Å². The van der Waals surface area contributed by atoms with E-state index in [1.807, 2.05) is 12.1 Å². The van der Waals surface area contributed by atoms with Crippen LogP contribution >= 0.6 is 15.9 Å². The maximum absolute atomic E-state index is 11.6. The van der Waals surface area contributed by atoms with Gasteiger partial charge in [-0.2, -0.15) is 0 Å². The van der Waals surface area contributed by atoms with Gasteiger partial charge in [-0.1, -0.05) is 22.0 Å². The molecule has 1 aromatic rings. The molecule has 1 fully saturated rings. The fourth-order valence-corrected chi connectivity index (χ4v) is 2.61. The molecule has 1 heterocycles. The largest absolute Gasteiger partial charge is 0.612 e. The molecule has 4 heteroatoms. The summed E-state index contributed by atoms with van der Waals surface area (Å²) in [7, 11) is 0. The van der Waals surface area contributed by atoms with Gasteiger partial charge in [0.2, 0.25) is 0 Å². The van der Waals surface area contributed by atoms with Crippen molar-refractivity contribution in [1.82, 2.24) is 0 Å². The molecule has 17 heavy (non-hydrogen) atoms. The molecular weight excluding hydrogens is 282 g/mol. The Hall–Kier alpha value is -1.16. The molecule has 2 rings (SSSR count). The molecule has 0 atom stereocenters. The molecule has 3 nitrogen and oxygen atoms in total. The van der Waals surface area contributed by atoms with Gasteiger partial charge in [-0.3, -0.25) is 4.42 Å². The Morgan fingerprint density at radius 3 is 2.71 bits per heavy atom. The number of rotatable bonds is 3. The SMILES string of the molecule is C=[O+]C(=O)c1cc(N2CCCC2)ccc1CBr. The summed E-state index contributed by atoms with van der Waals surface area (Å²) in [4.78, 5) is 13.9. The van der Waals surface area contributed by atoms with Crippen molar-refractivity contribution in [2.24, 2.45) is 0 Å². The molecule has 0 bridgehead atoms. The molecule has 0 unspecified atom stereocenters. The lowest BCUT2D eigenvalue weighted by Crippen LogP contribution is -2.18. The van der Waals surface area contributed by atoms with Crippen molar-refractivity contribution >= 4 is 34.4 Å². The molecule has 0 amide bonds. The predicted octanol–water partition coefficient (Wildman–Crippen LogP) is 2.69. The molecule has 0 saturated carbocycles. The number of alkyl halides is 1. The van der Waals surface area contributed by atoms with Crippen molar-refractivity contribution < 1.29 is 9.22 Å². The lowest BCUT2D eigenvalue weighted by atomic mass is 10.1. The zero-order chi connectivity index (χ0) is 12.3. The fourth-order valence-electron chi connectivity index (χ4n) is 2.12. The number of hydrogen-bond donors (Lipinski definition) is 0. The molecule has 0 aliphatic carbocycles. The van der Waals surface area contributed by atoms with E-state index >= 15 is 0 Å². The second-order valence-corrected chi connectivity index (χ2v) is 4.66. The highest BCUT2D eigenvalue weighted by Gasteiger charge is 2.23. The van der Waals surface area contributed by atoms with Crippen molar-refractivity contribution in [2.45, 2.75) is 18.2 Å². The van der Waals surface area contributed by atoms with Crippen molar-refractivity contribution in [1.29, 1.82) is 0 Å². The quantitative estimate of drug-likeness (QED) is 0.634. The summed E-state index contributed by atoms with van der Waals surface area (Å²) < 4.78 is 4.57. The van der Waals surface area contributed by atoms with Crippen LogP contribution in [0, 0.1) is 0 Å². The van der Waals surface area contributed by atoms with E-state index in [-0.39, 0.29) is 5.97 Å². The van der Waals surface area contributed by atoms with Crippen LogP contribution in [0.4, 0.5) is 5.69 Å². The molecule has 1 aliphatic heterocycles. The number of nitrogens with zero attached hydrogens (tertiary/aromatic N) is 1. The third kappa shape index (κ3) is 2.57. The van der Waals surface area contributed by atoms with E-state index in [1.165, 1.54) is 12.8 Å². The summed E-state index contributed by atoms with van der Waals surface area (Å²) in [6.07, 6.45) is 2.44. The third-order valence-electron chi connectivity index (χ3n) is 3.06. The van der Waals surface area contributed by atoms with E-state index in [4.69, 9.17) is 0 Å². The minimum atomic E-state index is -0.375.